The molecule has 4 N–H and O–H groups in total. The molecule has 27 heavy (non-hydrogen) atoms. The molecule has 0 aliphatic carbocycles. The first-order valence-electron chi connectivity index (χ1n) is 7.76. The summed E-state index contributed by atoms with van der Waals surface area (Å²) in [6.07, 6.45) is 0. The molecule has 0 saturated carbocycles. The predicted octanol–water partition coefficient (Wildman–Crippen LogP) is 3.64. The second-order valence-electron chi connectivity index (χ2n) is 5.24. The number of aromatic nitrogens is 3. The average molecular weight is 403 g/mol. The van der Waals surface area contributed by atoms with Gasteiger partial charge in [0.1, 0.15) is 0 Å². The van der Waals surface area contributed by atoms with Gasteiger partial charge in [-0.15, -0.1) is 5.10 Å². The number of aromatic amines is 1. The summed E-state index contributed by atoms with van der Waals surface area (Å²) in [5.41, 5.74) is 3.63. The molecule has 0 saturated heterocycles. The molecule has 0 unspecified atom stereocenters. The fourth-order valence-electron chi connectivity index (χ4n) is 2.16. The van der Waals surface area contributed by atoms with E-state index in [0.717, 1.165) is 5.56 Å². The van der Waals surface area contributed by atoms with E-state index >= 15 is 0 Å². The highest BCUT2D eigenvalue weighted by Crippen LogP contribution is 2.21. The van der Waals surface area contributed by atoms with Crippen LogP contribution in [0.5, 0.6) is 0 Å². The molecule has 0 bridgehead atoms. The van der Waals surface area contributed by atoms with Gasteiger partial charge >= 0.3 is 0 Å². The minimum absolute atomic E-state index is 0.0601. The number of halogens is 1. The Kier molecular flexibility index (Phi) is 6.42. The Morgan fingerprint density at radius 3 is 2.56 bits per heavy atom. The Morgan fingerprint density at radius 1 is 1.15 bits per heavy atom. The van der Waals surface area contributed by atoms with Gasteiger partial charge in [-0.25, -0.2) is 5.10 Å². The van der Waals surface area contributed by atoms with E-state index in [0.29, 0.717) is 21.5 Å². The Balaban J connectivity index is 1.73. The number of hydroxylamine groups is 1. The van der Waals surface area contributed by atoms with Gasteiger partial charge in [-0.05, 0) is 17.7 Å². The van der Waals surface area contributed by atoms with E-state index in [1.165, 1.54) is 11.8 Å². The second kappa shape index (κ2) is 9.17. The zero-order valence-electron chi connectivity index (χ0n) is 13.9. The largest absolute Gasteiger partial charge is 0.410 e. The third kappa shape index (κ3) is 5.07. The van der Waals surface area contributed by atoms with E-state index in [2.05, 4.69) is 25.3 Å². The fraction of sp³-hybridized carbons (Fsp3) is 0.0588. The summed E-state index contributed by atoms with van der Waals surface area (Å²) in [7, 11) is 0. The first-order valence-corrected chi connectivity index (χ1v) is 9.12. The summed E-state index contributed by atoms with van der Waals surface area (Å²) >= 11 is 7.29. The molecule has 10 heteroatoms. The molecule has 0 amide bonds. The quantitative estimate of drug-likeness (QED) is 0.164. The van der Waals surface area contributed by atoms with Gasteiger partial charge in [-0.3, -0.25) is 10.7 Å². The molecular weight excluding hydrogens is 388 g/mol. The second-order valence-corrected chi connectivity index (χ2v) is 6.62. The SMILES string of the molecule is O/N=C(\C(=N\c1nc(SCc2ccc(Cl)cc2)n[nH]1)NO)c1ccccc1. The number of rotatable bonds is 6. The number of nitrogens with one attached hydrogen (secondary N) is 2. The van der Waals surface area contributed by atoms with Crippen LogP contribution in [0.15, 0.2) is 69.9 Å². The standard InChI is InChI=1S/C17H15ClN6O2S/c18-13-8-6-11(7-9-13)10-27-17-20-16(21-22-17)19-15(24-26)14(23-25)12-4-2-1-3-5-12/h1-9,25-26H,10H2,(H2,19,20,21,22,24)/b23-14-. The highest BCUT2D eigenvalue weighted by molar-refractivity contribution is 7.98. The van der Waals surface area contributed by atoms with Crippen LogP contribution in [0.2, 0.25) is 5.02 Å². The molecule has 0 aliphatic heterocycles. The lowest BCUT2D eigenvalue weighted by molar-refractivity contribution is 0.236. The van der Waals surface area contributed by atoms with E-state index in [1.807, 2.05) is 35.8 Å². The lowest BCUT2D eigenvalue weighted by atomic mass is 10.1. The van der Waals surface area contributed by atoms with Crippen LogP contribution < -0.4 is 5.48 Å². The molecule has 138 valence electrons. The van der Waals surface area contributed by atoms with Crippen molar-refractivity contribution < 1.29 is 10.4 Å². The van der Waals surface area contributed by atoms with Crippen molar-refractivity contribution in [2.24, 2.45) is 10.1 Å². The Hall–Kier alpha value is -2.88. The number of hydrogen-bond acceptors (Lipinski definition) is 7. The zero-order chi connectivity index (χ0) is 19.1. The van der Waals surface area contributed by atoms with Crippen molar-refractivity contribution in [3.8, 4) is 0 Å². The maximum absolute atomic E-state index is 9.38. The van der Waals surface area contributed by atoms with E-state index in [4.69, 9.17) is 11.6 Å². The van der Waals surface area contributed by atoms with Crippen LogP contribution in [0.25, 0.3) is 0 Å². The van der Waals surface area contributed by atoms with Gasteiger partial charge < -0.3 is 5.21 Å². The van der Waals surface area contributed by atoms with Crippen LogP contribution in [0.1, 0.15) is 11.1 Å². The zero-order valence-corrected chi connectivity index (χ0v) is 15.4. The topological polar surface area (TPSA) is 119 Å². The Bertz CT molecular complexity index is 944. The number of benzene rings is 2. The summed E-state index contributed by atoms with van der Waals surface area (Å²) in [4.78, 5) is 8.35. The molecule has 0 radical (unpaired) electrons. The molecule has 1 heterocycles. The number of H-pyrrole nitrogens is 1. The van der Waals surface area contributed by atoms with Gasteiger partial charge in [0.15, 0.2) is 11.5 Å². The average Bonchev–Trinajstić information content (AvgIpc) is 3.15. The third-order valence-corrected chi connectivity index (χ3v) is 4.60. The van der Waals surface area contributed by atoms with Crippen LogP contribution in [-0.4, -0.2) is 37.1 Å². The number of nitrogens with zero attached hydrogens (tertiary/aromatic N) is 4. The van der Waals surface area contributed by atoms with Gasteiger partial charge in [0.25, 0.3) is 0 Å². The van der Waals surface area contributed by atoms with Gasteiger partial charge in [-0.1, -0.05) is 71.0 Å². The summed E-state index contributed by atoms with van der Waals surface area (Å²) in [6.45, 7) is 0. The summed E-state index contributed by atoms with van der Waals surface area (Å²) in [5, 5.41) is 29.8. The molecule has 0 atom stereocenters. The lowest BCUT2D eigenvalue weighted by Crippen LogP contribution is -2.29. The first kappa shape index (κ1) is 18.9. The smallest absolute Gasteiger partial charge is 0.248 e. The van der Waals surface area contributed by atoms with Crippen LogP contribution in [0.4, 0.5) is 5.95 Å². The van der Waals surface area contributed by atoms with Crippen molar-refractivity contribution in [2.75, 3.05) is 0 Å². The van der Waals surface area contributed by atoms with E-state index < -0.39 is 0 Å². The number of amidine groups is 1. The van der Waals surface area contributed by atoms with Crippen molar-refractivity contribution in [2.45, 2.75) is 10.9 Å². The minimum Gasteiger partial charge on any atom is -0.410 e. The van der Waals surface area contributed by atoms with Gasteiger partial charge in [0.05, 0.1) is 0 Å². The molecule has 0 fully saturated rings. The Morgan fingerprint density at radius 2 is 1.89 bits per heavy atom. The molecule has 8 nitrogen and oxygen atoms in total. The van der Waals surface area contributed by atoms with Gasteiger partial charge in [0, 0.05) is 16.3 Å². The number of oxime groups is 1. The van der Waals surface area contributed by atoms with Crippen LogP contribution in [0, 0.1) is 0 Å². The van der Waals surface area contributed by atoms with E-state index in [-0.39, 0.29) is 17.5 Å². The molecular formula is C17H15ClN6O2S. The van der Waals surface area contributed by atoms with Crippen molar-refractivity contribution in [3.63, 3.8) is 0 Å². The van der Waals surface area contributed by atoms with Crippen molar-refractivity contribution in [1.29, 1.82) is 0 Å². The van der Waals surface area contributed by atoms with Crippen LogP contribution in [-0.2, 0) is 5.75 Å². The summed E-state index contributed by atoms with van der Waals surface area (Å²) in [6, 6.07) is 16.3. The molecule has 0 aliphatic rings. The maximum Gasteiger partial charge on any atom is 0.248 e. The normalized spacial score (nSPS) is 12.2. The summed E-state index contributed by atoms with van der Waals surface area (Å²) in [5.74, 6) is 0.743. The van der Waals surface area contributed by atoms with Gasteiger partial charge in [0.2, 0.25) is 11.1 Å². The third-order valence-electron chi connectivity index (χ3n) is 3.43. The van der Waals surface area contributed by atoms with E-state index in [9.17, 15) is 10.4 Å². The molecule has 3 aromatic rings. The minimum atomic E-state index is -0.0749. The van der Waals surface area contributed by atoms with Crippen molar-refractivity contribution >= 4 is 40.9 Å². The van der Waals surface area contributed by atoms with Crippen LogP contribution in [0.3, 0.4) is 0 Å². The van der Waals surface area contributed by atoms with E-state index in [1.54, 1.807) is 24.3 Å². The van der Waals surface area contributed by atoms with Crippen LogP contribution >= 0.6 is 23.4 Å². The number of aliphatic imine (C=N–C) groups is 1. The monoisotopic (exact) mass is 402 g/mol. The molecule has 1 aromatic heterocycles. The Labute approximate surface area is 164 Å². The maximum atomic E-state index is 9.38. The number of hydrogen-bond donors (Lipinski definition) is 4. The highest BCUT2D eigenvalue weighted by atomic mass is 35.5. The van der Waals surface area contributed by atoms with Gasteiger partial charge in [-0.2, -0.15) is 9.98 Å². The molecule has 2 aromatic carbocycles. The molecule has 3 rings (SSSR count). The first-order chi connectivity index (χ1) is 13.2. The fourth-order valence-corrected chi connectivity index (χ4v) is 3.03. The molecule has 0 spiro atoms. The highest BCUT2D eigenvalue weighted by Gasteiger charge is 2.14. The lowest BCUT2D eigenvalue weighted by Gasteiger charge is -2.05. The van der Waals surface area contributed by atoms with Crippen molar-refractivity contribution in [3.05, 3.63) is 70.7 Å². The number of thioether (sulfide) groups is 1. The predicted molar refractivity (Wildman–Crippen MR) is 104 cm³/mol. The summed E-state index contributed by atoms with van der Waals surface area (Å²) < 4.78 is 0. The van der Waals surface area contributed by atoms with Crippen molar-refractivity contribution in [1.82, 2.24) is 20.7 Å².